The molecule has 154 valence electrons. The molecular weight excluding hydrogens is 435 g/mol. The van der Waals surface area contributed by atoms with Crippen LogP contribution in [-0.2, 0) is 0 Å². The van der Waals surface area contributed by atoms with E-state index >= 15 is 0 Å². The maximum atomic E-state index is 11.5. The molecule has 1 unspecified atom stereocenters. The van der Waals surface area contributed by atoms with Crippen LogP contribution in [0.5, 0.6) is 0 Å². The molecular formula is C25H44OSn. The van der Waals surface area contributed by atoms with Crippen molar-refractivity contribution in [2.24, 2.45) is 5.41 Å². The Bertz CT molecular complexity index is 519. The van der Waals surface area contributed by atoms with E-state index in [1.54, 1.807) is 0 Å². The van der Waals surface area contributed by atoms with Crippen LogP contribution in [0.15, 0.2) is 33.9 Å². The summed E-state index contributed by atoms with van der Waals surface area (Å²) in [6, 6.07) is 10.7. The van der Waals surface area contributed by atoms with Gasteiger partial charge >= 0.3 is 174 Å². The van der Waals surface area contributed by atoms with Crippen molar-refractivity contribution in [2.45, 2.75) is 99.5 Å². The molecule has 0 spiro atoms. The van der Waals surface area contributed by atoms with Crippen LogP contribution in [0.4, 0.5) is 0 Å². The molecule has 1 atom stereocenters. The van der Waals surface area contributed by atoms with Gasteiger partial charge < -0.3 is 0 Å². The van der Waals surface area contributed by atoms with Gasteiger partial charge in [-0.25, -0.2) is 0 Å². The SMILES string of the molecule is CCC[CH2][Sn]([CH2]CCC)([CH2]CCC)/[C](=C\c1ccccc1)C(O)C(C)(C)C. The summed E-state index contributed by atoms with van der Waals surface area (Å²) in [5.41, 5.74) is 1.16. The Morgan fingerprint density at radius 1 is 0.889 bits per heavy atom. The molecule has 2 heteroatoms. The molecule has 0 amide bonds. The molecule has 0 aromatic heterocycles. The first-order valence-electron chi connectivity index (χ1n) is 11.3. The number of hydrogen-bond acceptors (Lipinski definition) is 1. The van der Waals surface area contributed by atoms with Crippen LogP contribution in [-0.4, -0.2) is 29.6 Å². The molecule has 1 rings (SSSR count). The van der Waals surface area contributed by atoms with Gasteiger partial charge in [0.25, 0.3) is 0 Å². The van der Waals surface area contributed by atoms with Crippen LogP contribution in [0.2, 0.25) is 13.3 Å². The maximum absolute atomic E-state index is 11.5. The Labute approximate surface area is 173 Å². The molecule has 0 heterocycles. The van der Waals surface area contributed by atoms with Gasteiger partial charge in [0.15, 0.2) is 0 Å². The van der Waals surface area contributed by atoms with E-state index in [4.69, 9.17) is 0 Å². The Balaban J connectivity index is 3.51. The summed E-state index contributed by atoms with van der Waals surface area (Å²) in [5.74, 6) is 0. The predicted octanol–water partition coefficient (Wildman–Crippen LogP) is 7.87. The Hall–Kier alpha value is -0.281. The van der Waals surface area contributed by atoms with E-state index in [-0.39, 0.29) is 11.5 Å². The quantitative estimate of drug-likeness (QED) is 0.303. The average Bonchev–Trinajstić information content (AvgIpc) is 2.65. The summed E-state index contributed by atoms with van der Waals surface area (Å²) in [6.07, 6.45) is 9.86. The van der Waals surface area contributed by atoms with Crippen LogP contribution in [0, 0.1) is 5.41 Å². The van der Waals surface area contributed by atoms with Gasteiger partial charge in [0.1, 0.15) is 0 Å². The number of hydrogen-bond donors (Lipinski definition) is 1. The molecule has 0 radical (unpaired) electrons. The van der Waals surface area contributed by atoms with Crippen molar-refractivity contribution in [1.82, 2.24) is 0 Å². The second-order valence-electron chi connectivity index (χ2n) is 9.37. The van der Waals surface area contributed by atoms with Crippen LogP contribution in [0.25, 0.3) is 6.08 Å². The summed E-state index contributed by atoms with van der Waals surface area (Å²) in [4.78, 5) is 0. The molecule has 1 aromatic rings. The van der Waals surface area contributed by atoms with Gasteiger partial charge in [-0.1, -0.05) is 0 Å². The molecule has 0 fully saturated rings. The van der Waals surface area contributed by atoms with E-state index in [1.165, 1.54) is 61.0 Å². The third-order valence-electron chi connectivity index (χ3n) is 5.88. The molecule has 0 aliphatic heterocycles. The second-order valence-corrected chi connectivity index (χ2v) is 22.6. The first kappa shape index (κ1) is 24.8. The Morgan fingerprint density at radius 3 is 1.70 bits per heavy atom. The van der Waals surface area contributed by atoms with Crippen molar-refractivity contribution < 1.29 is 5.11 Å². The van der Waals surface area contributed by atoms with Crippen LogP contribution in [0.1, 0.15) is 85.6 Å². The first-order valence-corrected chi connectivity index (χ1v) is 18.7. The van der Waals surface area contributed by atoms with E-state index in [9.17, 15) is 5.11 Å². The number of aliphatic hydroxyl groups is 1. The van der Waals surface area contributed by atoms with Gasteiger partial charge in [0.05, 0.1) is 0 Å². The summed E-state index contributed by atoms with van der Waals surface area (Å²) >= 11 is -2.68. The van der Waals surface area contributed by atoms with E-state index in [0.717, 1.165) is 0 Å². The van der Waals surface area contributed by atoms with Gasteiger partial charge in [-0.3, -0.25) is 0 Å². The summed E-state index contributed by atoms with van der Waals surface area (Å²) in [7, 11) is 0. The monoisotopic (exact) mass is 480 g/mol. The van der Waals surface area contributed by atoms with Crippen molar-refractivity contribution in [3.05, 3.63) is 39.5 Å². The van der Waals surface area contributed by atoms with E-state index in [1.807, 2.05) is 0 Å². The van der Waals surface area contributed by atoms with Gasteiger partial charge in [0.2, 0.25) is 0 Å². The number of rotatable bonds is 12. The summed E-state index contributed by atoms with van der Waals surface area (Å²) < 4.78 is 5.68. The Kier molecular flexibility index (Phi) is 11.3. The van der Waals surface area contributed by atoms with Crippen molar-refractivity contribution in [3.8, 4) is 0 Å². The van der Waals surface area contributed by atoms with Gasteiger partial charge in [0, 0.05) is 0 Å². The first-order chi connectivity index (χ1) is 12.8. The second kappa shape index (κ2) is 12.3. The summed E-state index contributed by atoms with van der Waals surface area (Å²) in [5, 5.41) is 11.5. The third kappa shape index (κ3) is 7.93. The molecule has 1 aromatic carbocycles. The predicted molar refractivity (Wildman–Crippen MR) is 125 cm³/mol. The van der Waals surface area contributed by atoms with Gasteiger partial charge in [-0.05, 0) is 0 Å². The average molecular weight is 479 g/mol. The van der Waals surface area contributed by atoms with Crippen molar-refractivity contribution >= 4 is 24.5 Å². The van der Waals surface area contributed by atoms with E-state index < -0.39 is 18.4 Å². The van der Waals surface area contributed by atoms with Crippen LogP contribution in [0.3, 0.4) is 0 Å². The van der Waals surface area contributed by atoms with Gasteiger partial charge in [-0.15, -0.1) is 0 Å². The Morgan fingerprint density at radius 2 is 1.33 bits per heavy atom. The fraction of sp³-hybridized carbons (Fsp3) is 0.680. The minimum absolute atomic E-state index is 0.104. The third-order valence-corrected chi connectivity index (χ3v) is 21.8. The standard InChI is InChI=1S/C13H17O.3C4H9.Sn/c1-13(2,3)12(14)10-9-11-7-5-4-6-8-11;3*1-3-4-2;/h4-9,12,14H,1-3H3;3*1,3-4H2,2H3;. The summed E-state index contributed by atoms with van der Waals surface area (Å²) in [6.45, 7) is 13.6. The van der Waals surface area contributed by atoms with Crippen LogP contribution < -0.4 is 0 Å². The zero-order valence-corrected chi connectivity index (χ0v) is 21.7. The van der Waals surface area contributed by atoms with Gasteiger partial charge in [-0.2, -0.15) is 0 Å². The zero-order valence-electron chi connectivity index (χ0n) is 18.9. The molecule has 1 nitrogen and oxygen atoms in total. The number of aliphatic hydroxyl groups excluding tert-OH is 1. The molecule has 0 bridgehead atoms. The number of benzene rings is 1. The fourth-order valence-corrected chi connectivity index (χ4v) is 21.7. The molecule has 0 saturated carbocycles. The van der Waals surface area contributed by atoms with Crippen molar-refractivity contribution in [1.29, 1.82) is 0 Å². The van der Waals surface area contributed by atoms with E-state index in [2.05, 4.69) is 78.0 Å². The zero-order chi connectivity index (χ0) is 20.3. The van der Waals surface area contributed by atoms with Crippen molar-refractivity contribution in [3.63, 3.8) is 0 Å². The molecule has 0 saturated heterocycles. The van der Waals surface area contributed by atoms with E-state index in [0.29, 0.717) is 0 Å². The molecule has 0 aliphatic rings. The minimum atomic E-state index is -2.68. The topological polar surface area (TPSA) is 20.2 Å². The molecule has 0 aliphatic carbocycles. The van der Waals surface area contributed by atoms with Crippen molar-refractivity contribution in [2.75, 3.05) is 0 Å². The fourth-order valence-electron chi connectivity index (χ4n) is 4.07. The molecule has 27 heavy (non-hydrogen) atoms. The normalized spacial score (nSPS) is 14.4. The number of unbranched alkanes of at least 4 members (excludes halogenated alkanes) is 3. The van der Waals surface area contributed by atoms with Crippen LogP contribution >= 0.6 is 0 Å². The molecule has 1 N–H and O–H groups in total.